The van der Waals surface area contributed by atoms with Gasteiger partial charge in [0.2, 0.25) is 0 Å². The highest BCUT2D eigenvalue weighted by molar-refractivity contribution is 9.10. The highest BCUT2D eigenvalue weighted by Crippen LogP contribution is 2.52. The lowest BCUT2D eigenvalue weighted by Gasteiger charge is -2.38. The second-order valence-electron chi connectivity index (χ2n) is 6.72. The quantitative estimate of drug-likeness (QED) is 0.628. The minimum absolute atomic E-state index is 0.0140. The zero-order valence-corrected chi connectivity index (χ0v) is 16.3. The minimum atomic E-state index is -0.388. The van der Waals surface area contributed by atoms with Crippen molar-refractivity contribution in [1.29, 1.82) is 0 Å². The Morgan fingerprint density at radius 2 is 1.72 bits per heavy atom. The van der Waals surface area contributed by atoms with E-state index in [9.17, 15) is 0 Å². The average molecular weight is 424 g/mol. The summed E-state index contributed by atoms with van der Waals surface area (Å²) in [6.07, 6.45) is 0.738. The van der Waals surface area contributed by atoms with Crippen LogP contribution in [0.4, 0.5) is 0 Å². The molecule has 4 atom stereocenters. The van der Waals surface area contributed by atoms with Gasteiger partial charge in [0, 0.05) is 10.4 Å². The molecule has 25 heavy (non-hydrogen) atoms. The summed E-state index contributed by atoms with van der Waals surface area (Å²) in [6.45, 7) is 1.15. The van der Waals surface area contributed by atoms with Gasteiger partial charge in [0.25, 0.3) is 0 Å². The van der Waals surface area contributed by atoms with Gasteiger partial charge in [-0.1, -0.05) is 40.2 Å². The van der Waals surface area contributed by atoms with Crippen LogP contribution in [0.2, 0.25) is 0 Å². The van der Waals surface area contributed by atoms with Crippen LogP contribution in [0.5, 0.6) is 5.75 Å². The van der Waals surface area contributed by atoms with Gasteiger partial charge in [0.15, 0.2) is 0 Å². The van der Waals surface area contributed by atoms with Crippen molar-refractivity contribution in [2.45, 2.75) is 23.5 Å². The Balaban J connectivity index is 1.52. The van der Waals surface area contributed by atoms with E-state index in [4.69, 9.17) is 25.8 Å². The number of alkyl halides is 1. The fraction of sp³-hybridized carbons (Fsp3) is 0.400. The SMILES string of the molecule is COc1ccc([C@H]2OC[C@@]3(Cl)C[C@H](c4ccc(Br)cc4)OC[C@@H]23)cc1. The molecular weight excluding hydrogens is 404 g/mol. The van der Waals surface area contributed by atoms with Gasteiger partial charge >= 0.3 is 0 Å². The van der Waals surface area contributed by atoms with E-state index >= 15 is 0 Å². The van der Waals surface area contributed by atoms with Crippen molar-refractivity contribution in [2.75, 3.05) is 20.3 Å². The maximum atomic E-state index is 7.01. The molecule has 2 heterocycles. The maximum absolute atomic E-state index is 7.01. The highest BCUT2D eigenvalue weighted by Gasteiger charge is 2.53. The first-order valence-electron chi connectivity index (χ1n) is 8.40. The van der Waals surface area contributed by atoms with E-state index in [1.165, 1.54) is 0 Å². The third-order valence-electron chi connectivity index (χ3n) is 5.22. The van der Waals surface area contributed by atoms with Gasteiger partial charge in [-0.15, -0.1) is 11.6 Å². The summed E-state index contributed by atoms with van der Waals surface area (Å²) in [5, 5.41) is 0. The first-order chi connectivity index (χ1) is 12.1. The molecule has 2 aromatic rings. The monoisotopic (exact) mass is 422 g/mol. The molecule has 2 aliphatic rings. The molecule has 0 amide bonds. The predicted octanol–water partition coefficient (Wildman–Crippen LogP) is 5.28. The zero-order valence-electron chi connectivity index (χ0n) is 14.0. The van der Waals surface area contributed by atoms with E-state index < -0.39 is 0 Å². The van der Waals surface area contributed by atoms with Crippen LogP contribution in [0.3, 0.4) is 0 Å². The molecule has 0 unspecified atom stereocenters. The van der Waals surface area contributed by atoms with Crippen LogP contribution in [-0.4, -0.2) is 25.2 Å². The van der Waals surface area contributed by atoms with Crippen LogP contribution in [-0.2, 0) is 9.47 Å². The number of ether oxygens (including phenoxy) is 3. The molecule has 0 aliphatic carbocycles. The number of halogens is 2. The van der Waals surface area contributed by atoms with E-state index in [0.29, 0.717) is 13.2 Å². The molecule has 0 spiro atoms. The molecule has 0 bridgehead atoms. The van der Waals surface area contributed by atoms with Gasteiger partial charge < -0.3 is 14.2 Å². The van der Waals surface area contributed by atoms with Crippen LogP contribution >= 0.6 is 27.5 Å². The minimum Gasteiger partial charge on any atom is -0.497 e. The molecule has 0 radical (unpaired) electrons. The lowest BCUT2D eigenvalue weighted by Crippen LogP contribution is -2.41. The molecule has 4 rings (SSSR count). The van der Waals surface area contributed by atoms with Gasteiger partial charge in [-0.2, -0.15) is 0 Å². The van der Waals surface area contributed by atoms with Gasteiger partial charge in [-0.05, 0) is 41.8 Å². The topological polar surface area (TPSA) is 27.7 Å². The molecule has 0 saturated carbocycles. The third-order valence-corrected chi connectivity index (χ3v) is 6.29. The Kier molecular flexibility index (Phi) is 4.80. The Morgan fingerprint density at radius 3 is 2.40 bits per heavy atom. The lowest BCUT2D eigenvalue weighted by atomic mass is 9.80. The Hall–Kier alpha value is -1.07. The van der Waals surface area contributed by atoms with Crippen molar-refractivity contribution in [3.8, 4) is 5.75 Å². The second-order valence-corrected chi connectivity index (χ2v) is 8.39. The molecule has 2 aliphatic heterocycles. The van der Waals surface area contributed by atoms with Crippen LogP contribution < -0.4 is 4.74 Å². The van der Waals surface area contributed by atoms with E-state index in [0.717, 1.165) is 27.8 Å². The van der Waals surface area contributed by atoms with Crippen molar-refractivity contribution in [1.82, 2.24) is 0 Å². The van der Waals surface area contributed by atoms with Crippen molar-refractivity contribution in [2.24, 2.45) is 5.92 Å². The van der Waals surface area contributed by atoms with Crippen LogP contribution in [0.15, 0.2) is 53.0 Å². The van der Waals surface area contributed by atoms with Gasteiger partial charge in [0.1, 0.15) is 5.75 Å². The average Bonchev–Trinajstić information content (AvgIpc) is 2.99. The lowest BCUT2D eigenvalue weighted by molar-refractivity contribution is -0.0380. The normalized spacial score (nSPS) is 31.6. The number of rotatable bonds is 3. The summed E-state index contributed by atoms with van der Waals surface area (Å²) in [4.78, 5) is -0.388. The molecular formula is C20H20BrClO3. The van der Waals surface area contributed by atoms with Gasteiger partial charge in [0.05, 0.1) is 37.4 Å². The van der Waals surface area contributed by atoms with E-state index in [2.05, 4.69) is 28.1 Å². The largest absolute Gasteiger partial charge is 0.497 e. The van der Waals surface area contributed by atoms with Crippen LogP contribution in [0.25, 0.3) is 0 Å². The summed E-state index contributed by atoms with van der Waals surface area (Å²) in [5.74, 6) is 0.989. The smallest absolute Gasteiger partial charge is 0.118 e. The standard InChI is InChI=1S/C20H20BrClO3/c1-23-16-8-4-14(5-9-16)19-17-11-24-18(10-20(17,22)12-25-19)13-2-6-15(21)7-3-13/h2-9,17-19H,10-12H2,1H3/t17-,18+,19+,20-/m0/s1. The van der Waals surface area contributed by atoms with E-state index in [1.54, 1.807) is 7.11 Å². The third kappa shape index (κ3) is 3.33. The number of hydrogen-bond donors (Lipinski definition) is 0. The summed E-state index contributed by atoms with van der Waals surface area (Å²) >= 11 is 10.5. The molecule has 2 aromatic carbocycles. The van der Waals surface area contributed by atoms with Crippen molar-refractivity contribution >= 4 is 27.5 Å². The second kappa shape index (κ2) is 6.92. The molecule has 3 nitrogen and oxygen atoms in total. The van der Waals surface area contributed by atoms with E-state index in [1.807, 2.05) is 36.4 Å². The summed E-state index contributed by atoms with van der Waals surface area (Å²) in [6, 6.07) is 16.3. The van der Waals surface area contributed by atoms with Gasteiger partial charge in [-0.3, -0.25) is 0 Å². The Labute approximate surface area is 161 Å². The summed E-state index contributed by atoms with van der Waals surface area (Å²) < 4.78 is 18.6. The number of methoxy groups -OCH3 is 1. The van der Waals surface area contributed by atoms with E-state index in [-0.39, 0.29) is 23.0 Å². The number of fused-ring (bicyclic) bond motifs is 1. The molecule has 0 N–H and O–H groups in total. The number of hydrogen-bond acceptors (Lipinski definition) is 3. The predicted molar refractivity (Wildman–Crippen MR) is 101 cm³/mol. The molecule has 2 fully saturated rings. The van der Waals surface area contributed by atoms with Crippen molar-refractivity contribution < 1.29 is 14.2 Å². The summed E-state index contributed by atoms with van der Waals surface area (Å²) in [7, 11) is 1.67. The summed E-state index contributed by atoms with van der Waals surface area (Å²) in [5.41, 5.74) is 2.29. The molecule has 0 aromatic heterocycles. The van der Waals surface area contributed by atoms with Gasteiger partial charge in [-0.25, -0.2) is 0 Å². The number of benzene rings is 2. The Bertz CT molecular complexity index is 734. The van der Waals surface area contributed by atoms with Crippen LogP contribution in [0, 0.1) is 5.92 Å². The molecule has 132 valence electrons. The zero-order chi connectivity index (χ0) is 17.4. The highest BCUT2D eigenvalue weighted by atomic mass is 79.9. The fourth-order valence-corrected chi connectivity index (χ4v) is 4.42. The van der Waals surface area contributed by atoms with Crippen LogP contribution in [0.1, 0.15) is 29.8 Å². The fourth-order valence-electron chi connectivity index (χ4n) is 3.77. The maximum Gasteiger partial charge on any atom is 0.118 e. The molecule has 5 heteroatoms. The Morgan fingerprint density at radius 1 is 1.04 bits per heavy atom. The first kappa shape index (κ1) is 17.3. The molecule has 2 saturated heterocycles. The van der Waals surface area contributed by atoms with Crippen molar-refractivity contribution in [3.05, 3.63) is 64.1 Å². The van der Waals surface area contributed by atoms with Crippen molar-refractivity contribution in [3.63, 3.8) is 0 Å². The first-order valence-corrected chi connectivity index (χ1v) is 9.58.